The Morgan fingerprint density at radius 1 is 1.12 bits per heavy atom. The number of hydrogen-bond donors (Lipinski definition) is 3. The zero-order valence-electron chi connectivity index (χ0n) is 13.9. The van der Waals surface area contributed by atoms with E-state index in [1.54, 1.807) is 24.3 Å². The number of aryl methyl sites for hydroxylation is 1. The van der Waals surface area contributed by atoms with E-state index in [9.17, 15) is 9.59 Å². The highest BCUT2D eigenvalue weighted by molar-refractivity contribution is 9.10. The summed E-state index contributed by atoms with van der Waals surface area (Å²) in [5.74, 6) is -0.355. The van der Waals surface area contributed by atoms with Crippen molar-refractivity contribution in [1.82, 2.24) is 5.32 Å². The molecule has 1 fully saturated rings. The first-order valence-corrected chi connectivity index (χ1v) is 9.02. The molecule has 3 rings (SSSR count). The van der Waals surface area contributed by atoms with E-state index in [1.807, 2.05) is 25.1 Å². The summed E-state index contributed by atoms with van der Waals surface area (Å²) >= 11 is 3.48. The summed E-state index contributed by atoms with van der Waals surface area (Å²) in [7, 11) is 0. The third kappa shape index (κ3) is 4.82. The SMILES string of the molecule is Cc1ccc(NCC(=O)Nc2ccccc2C(=O)NC2CC2)c(Br)c1. The number of carbonyl (C=O) groups excluding carboxylic acids is 2. The highest BCUT2D eigenvalue weighted by atomic mass is 79.9. The van der Waals surface area contributed by atoms with Gasteiger partial charge in [-0.3, -0.25) is 9.59 Å². The summed E-state index contributed by atoms with van der Waals surface area (Å²) in [5.41, 5.74) is 2.99. The third-order valence-electron chi connectivity index (χ3n) is 3.92. The molecule has 6 heteroatoms. The van der Waals surface area contributed by atoms with Gasteiger partial charge in [-0.25, -0.2) is 0 Å². The van der Waals surface area contributed by atoms with Gasteiger partial charge in [0.25, 0.3) is 5.91 Å². The molecule has 0 spiro atoms. The summed E-state index contributed by atoms with van der Waals surface area (Å²) in [6.45, 7) is 2.12. The lowest BCUT2D eigenvalue weighted by atomic mass is 10.1. The lowest BCUT2D eigenvalue weighted by molar-refractivity contribution is -0.114. The van der Waals surface area contributed by atoms with Gasteiger partial charge in [0.2, 0.25) is 5.91 Å². The van der Waals surface area contributed by atoms with Crippen molar-refractivity contribution >= 4 is 39.1 Å². The van der Waals surface area contributed by atoms with Gasteiger partial charge >= 0.3 is 0 Å². The Morgan fingerprint density at radius 2 is 1.88 bits per heavy atom. The van der Waals surface area contributed by atoms with E-state index < -0.39 is 0 Å². The van der Waals surface area contributed by atoms with E-state index in [4.69, 9.17) is 0 Å². The van der Waals surface area contributed by atoms with Gasteiger partial charge in [0.1, 0.15) is 0 Å². The predicted molar refractivity (Wildman–Crippen MR) is 103 cm³/mol. The Bertz CT molecular complexity index is 803. The average molecular weight is 402 g/mol. The maximum Gasteiger partial charge on any atom is 0.253 e. The molecule has 0 atom stereocenters. The monoisotopic (exact) mass is 401 g/mol. The number of carbonyl (C=O) groups is 2. The molecule has 25 heavy (non-hydrogen) atoms. The van der Waals surface area contributed by atoms with E-state index in [0.29, 0.717) is 11.3 Å². The topological polar surface area (TPSA) is 70.2 Å². The third-order valence-corrected chi connectivity index (χ3v) is 4.58. The van der Waals surface area contributed by atoms with Crippen molar-refractivity contribution in [2.24, 2.45) is 0 Å². The molecule has 5 nitrogen and oxygen atoms in total. The van der Waals surface area contributed by atoms with Crippen molar-refractivity contribution in [3.05, 3.63) is 58.1 Å². The van der Waals surface area contributed by atoms with Crippen LogP contribution in [-0.4, -0.2) is 24.4 Å². The Balaban J connectivity index is 1.61. The molecule has 0 aliphatic heterocycles. The molecule has 3 N–H and O–H groups in total. The molecule has 130 valence electrons. The van der Waals surface area contributed by atoms with Gasteiger partial charge in [-0.05, 0) is 65.5 Å². The van der Waals surface area contributed by atoms with Gasteiger partial charge in [0.15, 0.2) is 0 Å². The molecule has 0 unspecified atom stereocenters. The number of nitrogens with one attached hydrogen (secondary N) is 3. The highest BCUT2D eigenvalue weighted by Gasteiger charge is 2.24. The second-order valence-corrected chi connectivity index (χ2v) is 7.03. The molecule has 0 aromatic heterocycles. The fourth-order valence-corrected chi connectivity index (χ4v) is 3.05. The van der Waals surface area contributed by atoms with Gasteiger partial charge in [0, 0.05) is 16.2 Å². The second kappa shape index (κ2) is 7.70. The maximum atomic E-state index is 12.3. The number of halogens is 1. The first kappa shape index (κ1) is 17.5. The van der Waals surface area contributed by atoms with Gasteiger partial charge in [0.05, 0.1) is 17.8 Å². The van der Waals surface area contributed by atoms with Crippen LogP contribution >= 0.6 is 15.9 Å². The summed E-state index contributed by atoms with van der Waals surface area (Å²) in [6, 6.07) is 13.2. The Kier molecular flexibility index (Phi) is 5.38. The van der Waals surface area contributed by atoms with Crippen LogP contribution in [0.4, 0.5) is 11.4 Å². The summed E-state index contributed by atoms with van der Waals surface area (Å²) in [6.07, 6.45) is 2.05. The zero-order valence-corrected chi connectivity index (χ0v) is 15.5. The quantitative estimate of drug-likeness (QED) is 0.690. The van der Waals surface area contributed by atoms with Crippen molar-refractivity contribution < 1.29 is 9.59 Å². The number of hydrogen-bond acceptors (Lipinski definition) is 3. The summed E-state index contributed by atoms with van der Waals surface area (Å²) < 4.78 is 0.907. The average Bonchev–Trinajstić information content (AvgIpc) is 3.38. The van der Waals surface area contributed by atoms with Crippen LogP contribution in [0.2, 0.25) is 0 Å². The molecule has 2 amide bonds. The molecule has 0 heterocycles. The van der Waals surface area contributed by atoms with Crippen LogP contribution in [0.25, 0.3) is 0 Å². The minimum Gasteiger partial charge on any atom is -0.375 e. The van der Waals surface area contributed by atoms with Crippen molar-refractivity contribution in [1.29, 1.82) is 0 Å². The van der Waals surface area contributed by atoms with Gasteiger partial charge < -0.3 is 16.0 Å². The molecular formula is C19H20BrN3O2. The molecular weight excluding hydrogens is 382 g/mol. The fraction of sp³-hybridized carbons (Fsp3) is 0.263. The van der Waals surface area contributed by atoms with Crippen LogP contribution in [0.3, 0.4) is 0 Å². The summed E-state index contributed by atoms with van der Waals surface area (Å²) in [5, 5.41) is 8.84. The maximum absolute atomic E-state index is 12.3. The van der Waals surface area contributed by atoms with Crippen LogP contribution in [0.15, 0.2) is 46.9 Å². The number of rotatable bonds is 6. The first-order valence-electron chi connectivity index (χ1n) is 8.22. The van der Waals surface area contributed by atoms with Gasteiger partial charge in [-0.1, -0.05) is 18.2 Å². The Morgan fingerprint density at radius 3 is 2.60 bits per heavy atom. The van der Waals surface area contributed by atoms with Crippen molar-refractivity contribution in [2.75, 3.05) is 17.2 Å². The fourth-order valence-electron chi connectivity index (χ4n) is 2.41. The normalized spacial score (nSPS) is 13.2. The van der Waals surface area contributed by atoms with E-state index in [-0.39, 0.29) is 24.4 Å². The minimum atomic E-state index is -0.209. The van der Waals surface area contributed by atoms with Crippen LogP contribution in [0.5, 0.6) is 0 Å². The van der Waals surface area contributed by atoms with Crippen LogP contribution < -0.4 is 16.0 Å². The van der Waals surface area contributed by atoms with E-state index in [0.717, 1.165) is 28.6 Å². The van der Waals surface area contributed by atoms with Crippen molar-refractivity contribution in [2.45, 2.75) is 25.8 Å². The zero-order chi connectivity index (χ0) is 17.8. The molecule has 2 aromatic carbocycles. The molecule has 0 saturated heterocycles. The standard InChI is InChI=1S/C19H20BrN3O2/c1-12-6-9-17(15(20)10-12)21-11-18(24)23-16-5-3-2-4-14(16)19(25)22-13-7-8-13/h2-6,9-10,13,21H,7-8,11H2,1H3,(H,22,25)(H,23,24). The number of anilines is 2. The predicted octanol–water partition coefficient (Wildman–Crippen LogP) is 3.70. The molecule has 0 bridgehead atoms. The molecule has 1 saturated carbocycles. The first-order chi connectivity index (χ1) is 12.0. The molecule has 0 radical (unpaired) electrons. The summed E-state index contributed by atoms with van der Waals surface area (Å²) in [4.78, 5) is 24.5. The minimum absolute atomic E-state index is 0.111. The Labute approximate surface area is 155 Å². The van der Waals surface area contributed by atoms with Crippen molar-refractivity contribution in [3.63, 3.8) is 0 Å². The molecule has 2 aromatic rings. The smallest absolute Gasteiger partial charge is 0.253 e. The van der Waals surface area contributed by atoms with Crippen LogP contribution in [0, 0.1) is 6.92 Å². The van der Waals surface area contributed by atoms with Crippen molar-refractivity contribution in [3.8, 4) is 0 Å². The van der Waals surface area contributed by atoms with Gasteiger partial charge in [-0.15, -0.1) is 0 Å². The van der Waals surface area contributed by atoms with Gasteiger partial charge in [-0.2, -0.15) is 0 Å². The molecule has 1 aliphatic rings. The van der Waals surface area contributed by atoms with E-state index in [2.05, 4.69) is 31.9 Å². The lowest BCUT2D eigenvalue weighted by Gasteiger charge is -2.12. The van der Waals surface area contributed by atoms with Crippen LogP contribution in [0.1, 0.15) is 28.8 Å². The number of benzene rings is 2. The Hall–Kier alpha value is -2.34. The molecule has 1 aliphatic carbocycles. The number of amides is 2. The number of para-hydroxylation sites is 1. The van der Waals surface area contributed by atoms with E-state index >= 15 is 0 Å². The largest absolute Gasteiger partial charge is 0.375 e. The second-order valence-electron chi connectivity index (χ2n) is 6.18. The van der Waals surface area contributed by atoms with E-state index in [1.165, 1.54) is 0 Å². The lowest BCUT2D eigenvalue weighted by Crippen LogP contribution is -2.28. The highest BCUT2D eigenvalue weighted by Crippen LogP contribution is 2.23. The van der Waals surface area contributed by atoms with Crippen LogP contribution in [-0.2, 0) is 4.79 Å².